The van der Waals surface area contributed by atoms with Crippen LogP contribution in [0.15, 0.2) is 36.5 Å². The monoisotopic (exact) mass is 400 g/mol. The number of aryl methyl sites for hydroxylation is 1. The largest absolute Gasteiger partial charge is 0.373 e. The van der Waals surface area contributed by atoms with E-state index in [1.54, 1.807) is 7.11 Å². The van der Waals surface area contributed by atoms with Crippen molar-refractivity contribution >= 4 is 11.6 Å². The van der Waals surface area contributed by atoms with Gasteiger partial charge in [-0.15, -0.1) is 0 Å². The van der Waals surface area contributed by atoms with E-state index in [2.05, 4.69) is 9.80 Å². The molecule has 1 aromatic carbocycles. The fourth-order valence-corrected chi connectivity index (χ4v) is 4.65. The van der Waals surface area contributed by atoms with Crippen molar-refractivity contribution in [2.24, 2.45) is 7.05 Å². The number of halogens is 1. The fraction of sp³-hybridized carbons (Fsp3) is 0.500. The van der Waals surface area contributed by atoms with Gasteiger partial charge in [0.05, 0.1) is 17.3 Å². The van der Waals surface area contributed by atoms with Gasteiger partial charge in [-0.05, 0) is 37.3 Å². The van der Waals surface area contributed by atoms with Gasteiger partial charge in [0.15, 0.2) is 0 Å². The third kappa shape index (κ3) is 3.65. The Balaban J connectivity index is 1.56. The Labute approximate surface area is 171 Å². The maximum atomic E-state index is 13.2. The Morgan fingerprint density at radius 1 is 1.10 bits per heavy atom. The average Bonchev–Trinajstić information content (AvgIpc) is 3.07. The van der Waals surface area contributed by atoms with Gasteiger partial charge in [0.25, 0.3) is 5.91 Å². The van der Waals surface area contributed by atoms with Gasteiger partial charge in [0.1, 0.15) is 11.9 Å². The first-order valence-corrected chi connectivity index (χ1v) is 10.2. The minimum atomic E-state index is -0.212. The first-order chi connectivity index (χ1) is 14.0. The highest BCUT2D eigenvalue weighted by molar-refractivity contribution is 5.96. The van der Waals surface area contributed by atoms with E-state index in [0.717, 1.165) is 43.1 Å². The van der Waals surface area contributed by atoms with Gasteiger partial charge in [0.2, 0.25) is 0 Å². The quantitative estimate of drug-likeness (QED) is 0.791. The summed E-state index contributed by atoms with van der Waals surface area (Å²) in [5, 5.41) is 0. The SMILES string of the molecule is CCN1CC(N2CCN(c3ccc(F)cc3)CC2)C(OC)c2c(ccn2C)C1=O. The summed E-state index contributed by atoms with van der Waals surface area (Å²) in [6.45, 7) is 6.81. The smallest absolute Gasteiger partial charge is 0.255 e. The fourth-order valence-electron chi connectivity index (χ4n) is 4.65. The summed E-state index contributed by atoms with van der Waals surface area (Å²) in [6.07, 6.45) is 1.78. The molecule has 1 aromatic heterocycles. The lowest BCUT2D eigenvalue weighted by Gasteiger charge is -2.43. The number of benzene rings is 1. The Kier molecular flexibility index (Phi) is 5.61. The number of nitrogens with zero attached hydrogens (tertiary/aromatic N) is 4. The van der Waals surface area contributed by atoms with Crippen molar-refractivity contribution in [1.29, 1.82) is 0 Å². The van der Waals surface area contributed by atoms with E-state index in [9.17, 15) is 9.18 Å². The third-order valence-corrected chi connectivity index (χ3v) is 6.28. The molecule has 0 radical (unpaired) electrons. The minimum absolute atomic E-state index is 0.0811. The predicted octanol–water partition coefficient (Wildman–Crippen LogP) is 2.52. The summed E-state index contributed by atoms with van der Waals surface area (Å²) in [5.74, 6) is -0.130. The molecule has 2 aromatic rings. The van der Waals surface area contributed by atoms with Crippen molar-refractivity contribution in [2.45, 2.75) is 19.1 Å². The van der Waals surface area contributed by atoms with Gasteiger partial charge in [-0.3, -0.25) is 9.69 Å². The molecule has 1 amide bonds. The van der Waals surface area contributed by atoms with Crippen molar-refractivity contribution in [3.63, 3.8) is 0 Å². The van der Waals surface area contributed by atoms with Crippen LogP contribution in [0.2, 0.25) is 0 Å². The summed E-state index contributed by atoms with van der Waals surface area (Å²) in [6, 6.07) is 8.69. The van der Waals surface area contributed by atoms with Gasteiger partial charge in [-0.1, -0.05) is 0 Å². The van der Waals surface area contributed by atoms with E-state index in [0.29, 0.717) is 13.1 Å². The lowest BCUT2D eigenvalue weighted by Crippen LogP contribution is -2.55. The van der Waals surface area contributed by atoms with E-state index in [-0.39, 0.29) is 23.9 Å². The average molecular weight is 400 g/mol. The number of piperazine rings is 1. The summed E-state index contributed by atoms with van der Waals surface area (Å²) in [4.78, 5) is 19.7. The molecule has 1 fully saturated rings. The Morgan fingerprint density at radius 2 is 1.79 bits per heavy atom. The molecule has 0 aliphatic carbocycles. The molecule has 0 saturated carbocycles. The van der Waals surface area contributed by atoms with Crippen molar-refractivity contribution < 1.29 is 13.9 Å². The van der Waals surface area contributed by atoms with Crippen LogP contribution in [0.4, 0.5) is 10.1 Å². The Bertz CT molecular complexity index is 858. The highest BCUT2D eigenvalue weighted by Crippen LogP contribution is 2.33. The maximum Gasteiger partial charge on any atom is 0.255 e. The normalized spacial score (nSPS) is 23.2. The van der Waals surface area contributed by atoms with Crippen LogP contribution in [0, 0.1) is 5.82 Å². The van der Waals surface area contributed by atoms with Gasteiger partial charge in [0, 0.05) is 65.3 Å². The lowest BCUT2D eigenvalue weighted by molar-refractivity contribution is -0.00261. The van der Waals surface area contributed by atoms with E-state index < -0.39 is 0 Å². The number of methoxy groups -OCH3 is 1. The van der Waals surface area contributed by atoms with Crippen LogP contribution < -0.4 is 4.90 Å². The Morgan fingerprint density at radius 3 is 2.41 bits per heavy atom. The van der Waals surface area contributed by atoms with Gasteiger partial charge >= 0.3 is 0 Å². The predicted molar refractivity (Wildman–Crippen MR) is 111 cm³/mol. The second-order valence-corrected chi connectivity index (χ2v) is 7.79. The lowest BCUT2D eigenvalue weighted by atomic mass is 10.0. The topological polar surface area (TPSA) is 41.0 Å². The first kappa shape index (κ1) is 19.9. The molecule has 156 valence electrons. The second-order valence-electron chi connectivity index (χ2n) is 7.79. The molecule has 29 heavy (non-hydrogen) atoms. The zero-order valence-corrected chi connectivity index (χ0v) is 17.3. The number of likely N-dealkylation sites (N-methyl/N-ethyl adjacent to an activating group) is 1. The molecule has 4 rings (SSSR count). The molecule has 2 aliphatic heterocycles. The summed E-state index contributed by atoms with van der Waals surface area (Å²) < 4.78 is 21.2. The van der Waals surface area contributed by atoms with E-state index in [1.807, 2.05) is 47.8 Å². The number of ether oxygens (including phenoxy) is 1. The highest BCUT2D eigenvalue weighted by Gasteiger charge is 2.40. The van der Waals surface area contributed by atoms with Crippen LogP contribution in [0.25, 0.3) is 0 Å². The highest BCUT2D eigenvalue weighted by atomic mass is 19.1. The molecule has 0 spiro atoms. The molecule has 2 unspecified atom stereocenters. The minimum Gasteiger partial charge on any atom is -0.373 e. The number of hydrogen-bond acceptors (Lipinski definition) is 4. The molecule has 3 heterocycles. The zero-order chi connectivity index (χ0) is 20.5. The summed E-state index contributed by atoms with van der Waals surface area (Å²) in [5.41, 5.74) is 2.75. The zero-order valence-electron chi connectivity index (χ0n) is 17.3. The Hall–Kier alpha value is -2.38. The van der Waals surface area contributed by atoms with Crippen LogP contribution in [0.1, 0.15) is 29.1 Å². The van der Waals surface area contributed by atoms with Crippen molar-refractivity contribution in [3.8, 4) is 0 Å². The van der Waals surface area contributed by atoms with E-state index in [1.165, 1.54) is 12.1 Å². The van der Waals surface area contributed by atoms with Crippen molar-refractivity contribution in [2.75, 3.05) is 51.3 Å². The number of carbonyl (C=O) groups excluding carboxylic acids is 1. The van der Waals surface area contributed by atoms with Crippen LogP contribution in [-0.2, 0) is 11.8 Å². The van der Waals surface area contributed by atoms with E-state index in [4.69, 9.17) is 4.74 Å². The van der Waals surface area contributed by atoms with Gasteiger partial charge in [-0.25, -0.2) is 4.39 Å². The molecule has 6 nitrogen and oxygen atoms in total. The number of rotatable bonds is 4. The van der Waals surface area contributed by atoms with Crippen molar-refractivity contribution in [3.05, 3.63) is 53.6 Å². The summed E-state index contributed by atoms with van der Waals surface area (Å²) in [7, 11) is 3.71. The molecule has 2 atom stereocenters. The molecule has 7 heteroatoms. The molecular formula is C22H29FN4O2. The van der Waals surface area contributed by atoms with Gasteiger partial charge in [-0.2, -0.15) is 0 Å². The van der Waals surface area contributed by atoms with Gasteiger partial charge < -0.3 is 19.1 Å². The molecule has 0 N–H and O–H groups in total. The van der Waals surface area contributed by atoms with Crippen LogP contribution >= 0.6 is 0 Å². The molecular weight excluding hydrogens is 371 g/mol. The number of anilines is 1. The van der Waals surface area contributed by atoms with Crippen LogP contribution in [-0.4, -0.2) is 72.7 Å². The molecule has 2 aliphatic rings. The number of amides is 1. The second kappa shape index (κ2) is 8.16. The molecule has 1 saturated heterocycles. The maximum absolute atomic E-state index is 13.2. The number of carbonyl (C=O) groups is 1. The van der Waals surface area contributed by atoms with Crippen LogP contribution in [0.5, 0.6) is 0 Å². The third-order valence-electron chi connectivity index (χ3n) is 6.28. The molecule has 0 bridgehead atoms. The van der Waals surface area contributed by atoms with Crippen LogP contribution in [0.3, 0.4) is 0 Å². The van der Waals surface area contributed by atoms with Crippen molar-refractivity contribution in [1.82, 2.24) is 14.4 Å². The summed E-state index contributed by atoms with van der Waals surface area (Å²) >= 11 is 0. The number of fused-ring (bicyclic) bond motifs is 1. The first-order valence-electron chi connectivity index (χ1n) is 10.2. The number of aromatic nitrogens is 1. The standard InChI is InChI=1S/C22H29FN4O2/c1-4-25-15-19(21(29-3)20-18(22(25)28)9-10-24(20)2)27-13-11-26(12-14-27)17-7-5-16(23)6-8-17/h5-10,19,21H,4,11-15H2,1-3H3. The number of hydrogen-bond donors (Lipinski definition) is 0. The van der Waals surface area contributed by atoms with E-state index >= 15 is 0 Å².